The van der Waals surface area contributed by atoms with Gasteiger partial charge < -0.3 is 4.42 Å². The van der Waals surface area contributed by atoms with Gasteiger partial charge in [0, 0.05) is 0 Å². The zero-order valence-electron chi connectivity index (χ0n) is 7.71. The number of ketones is 1. The summed E-state index contributed by atoms with van der Waals surface area (Å²) >= 11 is 8.03. The minimum Gasteiger partial charge on any atom is -0.457 e. The molecule has 2 aromatic rings. The Labute approximate surface area is 108 Å². The lowest BCUT2D eigenvalue weighted by Gasteiger charge is -1.92. The van der Waals surface area contributed by atoms with Gasteiger partial charge in [-0.3, -0.25) is 4.79 Å². The molecule has 0 saturated carbocycles. The molecule has 0 radical (unpaired) electrons. The molecule has 0 aromatic carbocycles. The van der Waals surface area contributed by atoms with Gasteiger partial charge in [0.15, 0.2) is 4.67 Å². The van der Waals surface area contributed by atoms with E-state index in [0.29, 0.717) is 15.1 Å². The molecule has 0 aliphatic carbocycles. The molecule has 0 amide bonds. The lowest BCUT2D eigenvalue weighted by atomic mass is 10.2. The van der Waals surface area contributed by atoms with Gasteiger partial charge in [0.25, 0.3) is 0 Å². The van der Waals surface area contributed by atoms with Gasteiger partial charge in [0.05, 0.1) is 20.5 Å². The maximum Gasteiger partial charge on any atom is 0.207 e. The van der Waals surface area contributed by atoms with Crippen molar-refractivity contribution in [1.82, 2.24) is 0 Å². The van der Waals surface area contributed by atoms with Gasteiger partial charge in [0.2, 0.25) is 5.78 Å². The smallest absolute Gasteiger partial charge is 0.207 e. The number of furan rings is 1. The van der Waals surface area contributed by atoms with Gasteiger partial charge in [-0.15, -0.1) is 11.3 Å². The molecule has 0 atom stereocenters. The van der Waals surface area contributed by atoms with Gasteiger partial charge in [-0.25, -0.2) is 0 Å². The van der Waals surface area contributed by atoms with Crippen LogP contribution in [0.15, 0.2) is 31.3 Å². The second-order valence-corrected chi connectivity index (χ2v) is 6.09. The Bertz CT molecular complexity index is 494. The number of carbonyl (C=O) groups is 1. The van der Waals surface area contributed by atoms with E-state index in [1.807, 2.05) is 13.0 Å². The van der Waals surface area contributed by atoms with Gasteiger partial charge in [-0.1, -0.05) is 0 Å². The lowest BCUT2D eigenvalue weighted by molar-refractivity contribution is 0.104. The van der Waals surface area contributed by atoms with Crippen LogP contribution in [0.4, 0.5) is 0 Å². The molecule has 2 heterocycles. The van der Waals surface area contributed by atoms with Crippen LogP contribution in [0.25, 0.3) is 0 Å². The first-order valence-electron chi connectivity index (χ1n) is 4.13. The van der Waals surface area contributed by atoms with E-state index in [-0.39, 0.29) is 5.78 Å². The number of rotatable bonds is 2. The van der Waals surface area contributed by atoms with Crippen LogP contribution in [-0.4, -0.2) is 5.78 Å². The van der Waals surface area contributed by atoms with Crippen molar-refractivity contribution in [2.75, 3.05) is 0 Å². The molecule has 0 aliphatic heterocycles. The van der Waals surface area contributed by atoms with Crippen molar-refractivity contribution in [3.8, 4) is 0 Å². The molecule has 2 aromatic heterocycles. The Morgan fingerprint density at radius 3 is 2.67 bits per heavy atom. The Balaban J connectivity index is 2.41. The van der Waals surface area contributed by atoms with Gasteiger partial charge >= 0.3 is 0 Å². The van der Waals surface area contributed by atoms with E-state index < -0.39 is 0 Å². The molecule has 0 unspecified atom stereocenters. The number of carbonyl (C=O) groups excluding carboxylic acids is 1. The summed E-state index contributed by atoms with van der Waals surface area (Å²) in [6.45, 7) is 1.96. The molecule has 2 rings (SSSR count). The number of hydrogen-bond donors (Lipinski definition) is 0. The van der Waals surface area contributed by atoms with Crippen molar-refractivity contribution < 1.29 is 9.21 Å². The summed E-state index contributed by atoms with van der Waals surface area (Å²) in [4.78, 5) is 12.7. The van der Waals surface area contributed by atoms with Crippen molar-refractivity contribution in [3.05, 3.63) is 42.9 Å². The van der Waals surface area contributed by atoms with E-state index in [0.717, 1.165) is 9.35 Å². The second-order valence-electron chi connectivity index (χ2n) is 3.00. The summed E-state index contributed by atoms with van der Waals surface area (Å²) in [6, 6.07) is 3.53. The van der Waals surface area contributed by atoms with Crippen molar-refractivity contribution in [3.63, 3.8) is 0 Å². The molecule has 0 aliphatic rings. The lowest BCUT2D eigenvalue weighted by Crippen LogP contribution is -1.96. The standard InChI is InChI=1S/C10H6Br2O2S/c1-5-4-7(15-10(5)12)8(13)6-2-3-14-9(6)11/h2-4H,1H3. The summed E-state index contributed by atoms with van der Waals surface area (Å²) in [6.07, 6.45) is 1.49. The molecular formula is C10H6Br2O2S. The predicted octanol–water partition coefficient (Wildman–Crippen LogP) is 4.41. The third-order valence-corrected chi connectivity index (χ3v) is 4.69. The summed E-state index contributed by atoms with van der Waals surface area (Å²) in [7, 11) is 0. The Hall–Kier alpha value is -0.390. The van der Waals surface area contributed by atoms with Crippen molar-refractivity contribution in [2.24, 2.45) is 0 Å². The number of halogens is 2. The second kappa shape index (κ2) is 4.23. The molecule has 2 nitrogen and oxygen atoms in total. The molecule has 0 fully saturated rings. The highest BCUT2D eigenvalue weighted by Gasteiger charge is 2.17. The first-order chi connectivity index (χ1) is 7.09. The van der Waals surface area contributed by atoms with Gasteiger partial charge in [0.1, 0.15) is 0 Å². The third-order valence-electron chi connectivity index (χ3n) is 1.94. The predicted molar refractivity (Wildman–Crippen MR) is 66.6 cm³/mol. The fraction of sp³-hybridized carbons (Fsp3) is 0.100. The summed E-state index contributed by atoms with van der Waals surface area (Å²) in [5.41, 5.74) is 1.63. The zero-order chi connectivity index (χ0) is 11.0. The Morgan fingerprint density at radius 1 is 1.47 bits per heavy atom. The van der Waals surface area contributed by atoms with E-state index >= 15 is 0 Å². The maximum atomic E-state index is 12.0. The van der Waals surface area contributed by atoms with E-state index in [4.69, 9.17) is 4.42 Å². The molecule has 0 saturated heterocycles. The number of thiophene rings is 1. The molecule has 0 spiro atoms. The van der Waals surface area contributed by atoms with E-state index in [2.05, 4.69) is 31.9 Å². The first-order valence-corrected chi connectivity index (χ1v) is 6.53. The van der Waals surface area contributed by atoms with Crippen LogP contribution in [0, 0.1) is 6.92 Å². The maximum absolute atomic E-state index is 12.0. The molecule has 5 heteroatoms. The van der Waals surface area contributed by atoms with Crippen LogP contribution in [0.5, 0.6) is 0 Å². The van der Waals surface area contributed by atoms with E-state index in [1.54, 1.807) is 6.07 Å². The fourth-order valence-corrected chi connectivity index (χ4v) is 3.07. The normalized spacial score (nSPS) is 10.6. The quantitative estimate of drug-likeness (QED) is 0.752. The van der Waals surface area contributed by atoms with Crippen LogP contribution >= 0.6 is 43.2 Å². The molecular weight excluding hydrogens is 344 g/mol. The molecule has 0 bridgehead atoms. The highest BCUT2D eigenvalue weighted by atomic mass is 79.9. The van der Waals surface area contributed by atoms with Crippen LogP contribution in [-0.2, 0) is 0 Å². The minimum absolute atomic E-state index is 0.0191. The Kier molecular flexibility index (Phi) is 3.13. The van der Waals surface area contributed by atoms with Crippen molar-refractivity contribution in [2.45, 2.75) is 6.92 Å². The SMILES string of the molecule is Cc1cc(C(=O)c2ccoc2Br)sc1Br. The van der Waals surface area contributed by atoms with E-state index in [1.165, 1.54) is 17.6 Å². The first kappa shape index (κ1) is 11.1. The summed E-state index contributed by atoms with van der Waals surface area (Å²) in [5.74, 6) is -0.0191. The fourth-order valence-electron chi connectivity index (χ4n) is 1.16. The summed E-state index contributed by atoms with van der Waals surface area (Å²) in [5, 5.41) is 0. The number of hydrogen-bond acceptors (Lipinski definition) is 3. The topological polar surface area (TPSA) is 30.2 Å². The number of aryl methyl sites for hydroxylation is 1. The molecule has 15 heavy (non-hydrogen) atoms. The zero-order valence-corrected chi connectivity index (χ0v) is 11.7. The minimum atomic E-state index is -0.0191. The molecule has 78 valence electrons. The van der Waals surface area contributed by atoms with Gasteiger partial charge in [-0.05, 0) is 56.5 Å². The van der Waals surface area contributed by atoms with Crippen LogP contribution in [0.3, 0.4) is 0 Å². The highest BCUT2D eigenvalue weighted by Crippen LogP contribution is 2.30. The monoisotopic (exact) mass is 348 g/mol. The van der Waals surface area contributed by atoms with Crippen molar-refractivity contribution in [1.29, 1.82) is 0 Å². The summed E-state index contributed by atoms with van der Waals surface area (Å²) < 4.78 is 6.51. The molecule has 0 N–H and O–H groups in total. The van der Waals surface area contributed by atoms with Crippen LogP contribution in [0.1, 0.15) is 20.8 Å². The van der Waals surface area contributed by atoms with Gasteiger partial charge in [-0.2, -0.15) is 0 Å². The average molecular weight is 350 g/mol. The largest absolute Gasteiger partial charge is 0.457 e. The van der Waals surface area contributed by atoms with Crippen LogP contribution in [0.2, 0.25) is 0 Å². The van der Waals surface area contributed by atoms with E-state index in [9.17, 15) is 4.79 Å². The third kappa shape index (κ3) is 2.09. The average Bonchev–Trinajstić information content (AvgIpc) is 2.74. The highest BCUT2D eigenvalue weighted by molar-refractivity contribution is 9.11. The van der Waals surface area contributed by atoms with Crippen molar-refractivity contribution >= 4 is 49.0 Å². The Morgan fingerprint density at radius 2 is 2.20 bits per heavy atom. The van der Waals surface area contributed by atoms with Crippen LogP contribution < -0.4 is 0 Å².